The molecule has 11 heteroatoms. The zero-order chi connectivity index (χ0) is 29.5. The second-order valence-electron chi connectivity index (χ2n) is 10.5. The number of hydrogen-bond acceptors (Lipinski definition) is 6. The van der Waals surface area contributed by atoms with Crippen LogP contribution in [0, 0.1) is 18.2 Å². The van der Waals surface area contributed by atoms with Crippen LogP contribution in [-0.2, 0) is 16.6 Å². The number of piperazine rings is 1. The lowest BCUT2D eigenvalue weighted by Crippen LogP contribution is -2.58. The Hall–Kier alpha value is -4.33. The summed E-state index contributed by atoms with van der Waals surface area (Å²) in [6.07, 6.45) is 1.42. The van der Waals surface area contributed by atoms with E-state index < -0.39 is 35.2 Å². The number of nitrogens with zero attached hydrogens (tertiary/aromatic N) is 5. The van der Waals surface area contributed by atoms with E-state index >= 15 is 0 Å². The van der Waals surface area contributed by atoms with Crippen LogP contribution in [0.2, 0.25) is 5.02 Å². The summed E-state index contributed by atoms with van der Waals surface area (Å²) in [7, 11) is 1.59. The molecule has 2 fully saturated rings. The monoisotopic (exact) mass is 589 g/mol. The molecule has 1 aliphatic heterocycles. The normalized spacial score (nSPS) is 17.4. The molecule has 0 N–H and O–H groups in total. The minimum Gasteiger partial charge on any atom is -0.461 e. The smallest absolute Gasteiger partial charge is 0.325 e. The van der Waals surface area contributed by atoms with E-state index in [0.29, 0.717) is 29.8 Å². The number of hydrogen-bond donors (Lipinski definition) is 0. The van der Waals surface area contributed by atoms with E-state index in [-0.39, 0.29) is 23.5 Å². The number of aryl methyl sites for hydroxylation is 1. The van der Waals surface area contributed by atoms with Crippen LogP contribution in [-0.4, -0.2) is 52.2 Å². The first-order chi connectivity index (χ1) is 20.2. The van der Waals surface area contributed by atoms with Gasteiger partial charge in [0.1, 0.15) is 34.5 Å². The molecule has 2 aliphatic rings. The molecule has 1 aliphatic carbocycles. The Bertz CT molecular complexity index is 1720. The van der Waals surface area contributed by atoms with E-state index in [9.17, 15) is 18.4 Å². The van der Waals surface area contributed by atoms with Crippen molar-refractivity contribution in [2.45, 2.75) is 31.0 Å². The van der Waals surface area contributed by atoms with Crippen molar-refractivity contribution in [3.8, 4) is 0 Å². The summed E-state index contributed by atoms with van der Waals surface area (Å²) >= 11 is 6.66. The lowest BCUT2D eigenvalue weighted by Gasteiger charge is -2.45. The molecule has 8 nitrogen and oxygen atoms in total. The van der Waals surface area contributed by atoms with Gasteiger partial charge in [0.15, 0.2) is 0 Å². The van der Waals surface area contributed by atoms with Gasteiger partial charge in [-0.3, -0.25) is 14.5 Å². The van der Waals surface area contributed by atoms with E-state index in [4.69, 9.17) is 22.9 Å². The molecule has 42 heavy (non-hydrogen) atoms. The summed E-state index contributed by atoms with van der Waals surface area (Å²) in [5.74, 6) is -1.08. The largest absolute Gasteiger partial charge is 0.461 e. The van der Waals surface area contributed by atoms with Gasteiger partial charge in [-0.25, -0.2) is 8.78 Å². The zero-order valence-corrected chi connectivity index (χ0v) is 23.4. The fraction of sp³-hybridized carbons (Fsp3) is 0.290. The highest BCUT2D eigenvalue weighted by molar-refractivity contribution is 6.34. The highest BCUT2D eigenvalue weighted by Gasteiger charge is 2.42. The van der Waals surface area contributed by atoms with Gasteiger partial charge in [0, 0.05) is 26.7 Å². The minimum absolute atomic E-state index is 0.0592. The number of carbonyl (C=O) groups excluding carboxylic acids is 1. The third-order valence-electron chi connectivity index (χ3n) is 7.78. The van der Waals surface area contributed by atoms with Gasteiger partial charge in [-0.2, -0.15) is 0 Å². The summed E-state index contributed by atoms with van der Waals surface area (Å²) in [5.41, 5.74) is 2.26. The van der Waals surface area contributed by atoms with Crippen LogP contribution in [0.15, 0.2) is 65.5 Å². The molecule has 1 saturated carbocycles. The highest BCUT2D eigenvalue weighted by Crippen LogP contribution is 2.38. The highest BCUT2D eigenvalue weighted by atomic mass is 35.5. The van der Waals surface area contributed by atoms with Crippen molar-refractivity contribution < 1.29 is 18.3 Å². The average Bonchev–Trinajstić information content (AvgIpc) is 3.82. The summed E-state index contributed by atoms with van der Waals surface area (Å²) < 4.78 is 35.0. The molecule has 1 saturated heterocycles. The standard InChI is InChI=1S/C31H26ClF2N5O3/c1-35-25-14-13-23-27(36-25)29(26(32)30(40)37(23)2)38-15-16-39(24(17-38)31(41)42-22-11-12-22)28(18-3-7-20(33)8-4-18)19-5-9-21(34)10-6-19/h3-10,13-14,22,24,28H,11-12,15-17H2,2H3. The Morgan fingerprint density at radius 2 is 1.64 bits per heavy atom. The van der Waals surface area contributed by atoms with Gasteiger partial charge in [-0.15, -0.1) is 4.98 Å². The van der Waals surface area contributed by atoms with Gasteiger partial charge in [0.05, 0.1) is 11.6 Å². The van der Waals surface area contributed by atoms with Gasteiger partial charge >= 0.3 is 5.97 Å². The molecule has 1 atom stereocenters. The number of benzene rings is 2. The molecule has 1 unspecified atom stereocenters. The van der Waals surface area contributed by atoms with Gasteiger partial charge in [-0.1, -0.05) is 42.4 Å². The molecule has 0 amide bonds. The van der Waals surface area contributed by atoms with Gasteiger partial charge in [-0.05, 0) is 60.4 Å². The zero-order valence-electron chi connectivity index (χ0n) is 22.6. The Balaban J connectivity index is 1.46. The fourth-order valence-electron chi connectivity index (χ4n) is 5.51. The van der Waals surface area contributed by atoms with E-state index in [1.807, 2.05) is 9.80 Å². The molecule has 2 aromatic heterocycles. The molecule has 0 bridgehead atoms. The van der Waals surface area contributed by atoms with Crippen molar-refractivity contribution in [2.75, 3.05) is 24.5 Å². The molecule has 4 aromatic rings. The molecule has 6 rings (SSSR count). The minimum atomic E-state index is -0.821. The number of pyridine rings is 2. The van der Waals surface area contributed by atoms with Gasteiger partial charge in [0.25, 0.3) is 11.4 Å². The second kappa shape index (κ2) is 11.2. The maximum atomic E-state index is 13.9. The van der Waals surface area contributed by atoms with Crippen LogP contribution >= 0.6 is 11.6 Å². The molecular formula is C31H26ClF2N5O3. The molecule has 0 spiro atoms. The number of carbonyl (C=O) groups is 1. The molecule has 3 heterocycles. The number of rotatable bonds is 6. The Labute approximate surface area is 245 Å². The Kier molecular flexibility index (Phi) is 7.39. The summed E-state index contributed by atoms with van der Waals surface area (Å²) in [4.78, 5) is 38.6. The van der Waals surface area contributed by atoms with Crippen molar-refractivity contribution in [2.24, 2.45) is 7.05 Å². The van der Waals surface area contributed by atoms with Crippen molar-refractivity contribution >= 4 is 40.1 Å². The maximum absolute atomic E-state index is 13.9. The lowest BCUT2D eigenvalue weighted by molar-refractivity contribution is -0.152. The summed E-state index contributed by atoms with van der Waals surface area (Å²) in [6.45, 7) is 8.21. The first-order valence-corrected chi connectivity index (χ1v) is 13.9. The Morgan fingerprint density at radius 1 is 1.02 bits per heavy atom. The van der Waals surface area contributed by atoms with Crippen molar-refractivity contribution in [3.05, 3.63) is 110 Å². The van der Waals surface area contributed by atoms with Crippen molar-refractivity contribution in [1.82, 2.24) is 14.5 Å². The SMILES string of the molecule is [C-]#[N+]c1ccc2c(n1)c(N1CCN(C(c3ccc(F)cc3)c3ccc(F)cc3)C(C(=O)OC3CC3)C1)c(Cl)c(=O)n2C. The third kappa shape index (κ3) is 5.22. The molecule has 214 valence electrons. The third-order valence-corrected chi connectivity index (χ3v) is 8.12. The predicted octanol–water partition coefficient (Wildman–Crippen LogP) is 5.40. The number of anilines is 1. The second-order valence-corrected chi connectivity index (χ2v) is 10.9. The van der Waals surface area contributed by atoms with E-state index in [2.05, 4.69) is 9.83 Å². The van der Waals surface area contributed by atoms with Crippen molar-refractivity contribution in [1.29, 1.82) is 0 Å². The van der Waals surface area contributed by atoms with Crippen LogP contribution in [0.5, 0.6) is 0 Å². The average molecular weight is 590 g/mol. The van der Waals surface area contributed by atoms with E-state index in [0.717, 1.165) is 24.0 Å². The van der Waals surface area contributed by atoms with Crippen LogP contribution in [0.4, 0.5) is 20.3 Å². The van der Waals surface area contributed by atoms with Crippen LogP contribution in [0.1, 0.15) is 30.0 Å². The number of fused-ring (bicyclic) bond motifs is 1. The number of aromatic nitrogens is 2. The summed E-state index contributed by atoms with van der Waals surface area (Å²) in [6, 6.07) is 13.9. The van der Waals surface area contributed by atoms with Crippen molar-refractivity contribution in [3.63, 3.8) is 0 Å². The van der Waals surface area contributed by atoms with Crippen LogP contribution in [0.3, 0.4) is 0 Å². The summed E-state index contributed by atoms with van der Waals surface area (Å²) in [5, 5.41) is -0.0592. The van der Waals surface area contributed by atoms with Crippen LogP contribution in [0.25, 0.3) is 15.9 Å². The molecule has 2 aromatic carbocycles. The lowest BCUT2D eigenvalue weighted by atomic mass is 9.94. The number of halogens is 3. The van der Waals surface area contributed by atoms with Crippen LogP contribution < -0.4 is 10.5 Å². The first-order valence-electron chi connectivity index (χ1n) is 13.5. The fourth-order valence-corrected chi connectivity index (χ4v) is 5.85. The molecule has 0 radical (unpaired) electrons. The number of ether oxygens (including phenoxy) is 1. The quantitative estimate of drug-likeness (QED) is 0.221. The predicted molar refractivity (Wildman–Crippen MR) is 155 cm³/mol. The topological polar surface area (TPSA) is 72.0 Å². The van der Waals surface area contributed by atoms with E-state index in [1.54, 1.807) is 37.4 Å². The first kappa shape index (κ1) is 27.8. The van der Waals surface area contributed by atoms with Gasteiger partial charge in [0.2, 0.25) is 5.52 Å². The number of esters is 1. The maximum Gasteiger partial charge on any atom is 0.325 e. The Morgan fingerprint density at radius 3 is 2.21 bits per heavy atom. The van der Waals surface area contributed by atoms with Gasteiger partial charge < -0.3 is 19.0 Å². The molecular weight excluding hydrogens is 564 g/mol. The van der Waals surface area contributed by atoms with E-state index in [1.165, 1.54) is 34.9 Å².